The summed E-state index contributed by atoms with van der Waals surface area (Å²) in [6, 6.07) is 20.1. The maximum atomic E-state index is 12.1. The Bertz CT molecular complexity index is 668. The predicted octanol–water partition coefficient (Wildman–Crippen LogP) is 3.08. The van der Waals surface area contributed by atoms with Gasteiger partial charge in [0.1, 0.15) is 0 Å². The topological polar surface area (TPSA) is 50.7 Å². The second-order valence-electron chi connectivity index (χ2n) is 5.64. The van der Waals surface area contributed by atoms with Gasteiger partial charge in [-0.05, 0) is 24.0 Å². The van der Waals surface area contributed by atoms with Crippen LogP contribution in [-0.4, -0.2) is 17.7 Å². The van der Waals surface area contributed by atoms with E-state index >= 15 is 0 Å². The molecule has 1 aliphatic heterocycles. The van der Waals surface area contributed by atoms with Gasteiger partial charge in [0.15, 0.2) is 0 Å². The Hall–Kier alpha value is -2.62. The normalized spacial score (nSPS) is 16.5. The first-order valence-corrected chi connectivity index (χ1v) is 7.88. The Morgan fingerprint density at radius 1 is 1.00 bits per heavy atom. The van der Waals surface area contributed by atoms with E-state index < -0.39 is 6.10 Å². The lowest BCUT2D eigenvalue weighted by Crippen LogP contribution is -2.34. The number of aryl methyl sites for hydroxylation is 1. The summed E-state index contributed by atoms with van der Waals surface area (Å²) in [6.45, 7) is 0.513. The van der Waals surface area contributed by atoms with Crippen LogP contribution in [0.4, 0.5) is 0 Å². The van der Waals surface area contributed by atoms with Crippen molar-refractivity contribution in [1.82, 2.24) is 5.32 Å². The molecule has 0 bridgehead atoms. The van der Waals surface area contributed by atoms with E-state index in [9.17, 15) is 4.79 Å². The van der Waals surface area contributed by atoms with Crippen molar-refractivity contribution in [3.63, 3.8) is 0 Å². The molecule has 1 aliphatic rings. The molecule has 0 saturated carbocycles. The second kappa shape index (κ2) is 7.58. The van der Waals surface area contributed by atoms with Gasteiger partial charge in [0.05, 0.1) is 5.71 Å². The van der Waals surface area contributed by atoms with Crippen LogP contribution in [0.25, 0.3) is 0 Å². The van der Waals surface area contributed by atoms with Crippen LogP contribution in [0, 0.1) is 0 Å². The van der Waals surface area contributed by atoms with Gasteiger partial charge in [-0.1, -0.05) is 65.8 Å². The van der Waals surface area contributed by atoms with Gasteiger partial charge >= 0.3 is 0 Å². The Labute approximate surface area is 136 Å². The third kappa shape index (κ3) is 4.42. The van der Waals surface area contributed by atoms with E-state index in [1.807, 2.05) is 48.5 Å². The molecule has 0 fully saturated rings. The van der Waals surface area contributed by atoms with Crippen molar-refractivity contribution in [2.75, 3.05) is 0 Å². The van der Waals surface area contributed by atoms with Crippen molar-refractivity contribution in [3.05, 3.63) is 71.8 Å². The van der Waals surface area contributed by atoms with Crippen LogP contribution in [0.5, 0.6) is 0 Å². The molecule has 4 nitrogen and oxygen atoms in total. The van der Waals surface area contributed by atoms with Gasteiger partial charge in [0.25, 0.3) is 5.91 Å². The van der Waals surface area contributed by atoms with Gasteiger partial charge in [0.2, 0.25) is 6.10 Å². The summed E-state index contributed by atoms with van der Waals surface area (Å²) in [4.78, 5) is 17.4. The minimum absolute atomic E-state index is 0.104. The number of rotatable bonds is 6. The summed E-state index contributed by atoms with van der Waals surface area (Å²) in [7, 11) is 0. The van der Waals surface area contributed by atoms with Crippen molar-refractivity contribution in [1.29, 1.82) is 0 Å². The van der Waals surface area contributed by atoms with Crippen molar-refractivity contribution in [2.24, 2.45) is 5.16 Å². The lowest BCUT2D eigenvalue weighted by molar-refractivity contribution is -0.131. The Kier molecular flexibility index (Phi) is 5.04. The van der Waals surface area contributed by atoms with Gasteiger partial charge in [-0.2, -0.15) is 0 Å². The maximum Gasteiger partial charge on any atom is 0.264 e. The molecule has 23 heavy (non-hydrogen) atoms. The fourth-order valence-corrected chi connectivity index (χ4v) is 2.55. The van der Waals surface area contributed by atoms with E-state index in [4.69, 9.17) is 4.84 Å². The fraction of sp³-hybridized carbons (Fsp3) is 0.263. The molecule has 1 heterocycles. The summed E-state index contributed by atoms with van der Waals surface area (Å²) >= 11 is 0. The highest BCUT2D eigenvalue weighted by Crippen LogP contribution is 2.15. The molecule has 0 saturated heterocycles. The molecule has 0 aromatic heterocycles. The average molecular weight is 308 g/mol. The van der Waals surface area contributed by atoms with Crippen LogP contribution in [-0.2, 0) is 22.6 Å². The van der Waals surface area contributed by atoms with Crippen molar-refractivity contribution in [2.45, 2.75) is 31.9 Å². The van der Waals surface area contributed by atoms with Crippen molar-refractivity contribution < 1.29 is 9.63 Å². The molecule has 0 radical (unpaired) electrons. The molecule has 0 aliphatic carbocycles. The molecule has 0 spiro atoms. The molecule has 4 heteroatoms. The highest BCUT2D eigenvalue weighted by Gasteiger charge is 2.27. The van der Waals surface area contributed by atoms with Gasteiger partial charge in [-0.25, -0.2) is 0 Å². The Morgan fingerprint density at radius 3 is 2.35 bits per heavy atom. The highest BCUT2D eigenvalue weighted by molar-refractivity contribution is 5.92. The molecular formula is C19H20N2O2. The Morgan fingerprint density at radius 2 is 1.65 bits per heavy atom. The predicted molar refractivity (Wildman–Crippen MR) is 90.0 cm³/mol. The third-order valence-electron chi connectivity index (χ3n) is 3.88. The third-order valence-corrected chi connectivity index (χ3v) is 3.88. The molecular weight excluding hydrogens is 288 g/mol. The van der Waals surface area contributed by atoms with E-state index in [1.165, 1.54) is 5.56 Å². The van der Waals surface area contributed by atoms with Gasteiger partial charge in [-0.3, -0.25) is 4.79 Å². The fourth-order valence-electron chi connectivity index (χ4n) is 2.55. The number of nitrogens with one attached hydrogen (secondary N) is 1. The monoisotopic (exact) mass is 308 g/mol. The van der Waals surface area contributed by atoms with E-state index in [1.54, 1.807) is 0 Å². The quantitative estimate of drug-likeness (QED) is 0.891. The van der Waals surface area contributed by atoms with E-state index in [0.29, 0.717) is 13.0 Å². The molecule has 1 unspecified atom stereocenters. The SMILES string of the molecule is O=C(NCc1ccccc1)C1CC(CCc2ccccc2)=NO1. The van der Waals surface area contributed by atoms with Crippen LogP contribution in [0.15, 0.2) is 65.8 Å². The number of carbonyl (C=O) groups excluding carboxylic acids is 1. The summed E-state index contributed by atoms with van der Waals surface area (Å²) < 4.78 is 0. The smallest absolute Gasteiger partial charge is 0.264 e. The molecule has 1 amide bonds. The van der Waals surface area contributed by atoms with Crippen LogP contribution >= 0.6 is 0 Å². The van der Waals surface area contributed by atoms with E-state index in [-0.39, 0.29) is 5.91 Å². The minimum Gasteiger partial charge on any atom is -0.382 e. The molecule has 3 rings (SSSR count). The summed E-state index contributed by atoms with van der Waals surface area (Å²) in [5, 5.41) is 6.96. The molecule has 118 valence electrons. The van der Waals surface area contributed by atoms with Crippen molar-refractivity contribution in [3.8, 4) is 0 Å². The number of nitrogens with zero attached hydrogens (tertiary/aromatic N) is 1. The molecule has 1 atom stereocenters. The number of hydrogen-bond acceptors (Lipinski definition) is 3. The number of oxime groups is 1. The van der Waals surface area contributed by atoms with Crippen molar-refractivity contribution >= 4 is 11.6 Å². The zero-order valence-electron chi connectivity index (χ0n) is 12.9. The highest BCUT2D eigenvalue weighted by atomic mass is 16.6. The largest absolute Gasteiger partial charge is 0.382 e. The van der Waals surface area contributed by atoms with E-state index in [0.717, 1.165) is 24.1 Å². The molecule has 1 N–H and O–H groups in total. The number of carbonyl (C=O) groups is 1. The van der Waals surface area contributed by atoms with Crippen LogP contribution in [0.3, 0.4) is 0 Å². The molecule has 2 aromatic carbocycles. The number of hydrogen-bond donors (Lipinski definition) is 1. The van der Waals surface area contributed by atoms with Crippen LogP contribution in [0.2, 0.25) is 0 Å². The van der Waals surface area contributed by atoms with Crippen LogP contribution in [0.1, 0.15) is 24.0 Å². The first kappa shape index (κ1) is 15.3. The Balaban J connectivity index is 1.42. The maximum absolute atomic E-state index is 12.1. The van der Waals surface area contributed by atoms with Gasteiger partial charge < -0.3 is 10.2 Å². The summed E-state index contributed by atoms with van der Waals surface area (Å²) in [5.74, 6) is -0.104. The van der Waals surface area contributed by atoms with Crippen LogP contribution < -0.4 is 5.32 Å². The standard InChI is InChI=1S/C19H20N2O2/c22-19(20-14-16-9-5-2-6-10-16)18-13-17(21-23-18)12-11-15-7-3-1-4-8-15/h1-10,18H,11-14H2,(H,20,22). The first-order chi connectivity index (χ1) is 11.3. The second-order valence-corrected chi connectivity index (χ2v) is 5.64. The van der Waals surface area contributed by atoms with Gasteiger partial charge in [0, 0.05) is 13.0 Å². The minimum atomic E-state index is -0.496. The molecule has 2 aromatic rings. The average Bonchev–Trinajstić information content (AvgIpc) is 3.09. The summed E-state index contributed by atoms with van der Waals surface area (Å²) in [6.07, 6.45) is 1.82. The number of amides is 1. The zero-order chi connectivity index (χ0) is 15.9. The van der Waals surface area contributed by atoms with Gasteiger partial charge in [-0.15, -0.1) is 0 Å². The summed E-state index contributed by atoms with van der Waals surface area (Å²) in [5.41, 5.74) is 3.30. The lowest BCUT2D eigenvalue weighted by atomic mass is 10.0. The zero-order valence-corrected chi connectivity index (χ0v) is 12.9. The van der Waals surface area contributed by atoms with E-state index in [2.05, 4.69) is 22.6 Å². The lowest BCUT2D eigenvalue weighted by Gasteiger charge is -2.09. The number of benzene rings is 2. The first-order valence-electron chi connectivity index (χ1n) is 7.88.